The molecule has 2 unspecified atom stereocenters. The molecule has 1 rings (SSSR count). The molecule has 0 aliphatic carbocycles. The van der Waals surface area contributed by atoms with Crippen molar-refractivity contribution in [3.8, 4) is 0 Å². The molecule has 5 heteroatoms. The fourth-order valence-electron chi connectivity index (χ4n) is 2.08. The van der Waals surface area contributed by atoms with Crippen LogP contribution in [-0.2, 0) is 9.47 Å². The summed E-state index contributed by atoms with van der Waals surface area (Å²) in [5, 5.41) is 28.7. The lowest BCUT2D eigenvalue weighted by Crippen LogP contribution is -2.56. The van der Waals surface area contributed by atoms with Crippen molar-refractivity contribution < 1.29 is 24.8 Å². The van der Waals surface area contributed by atoms with Gasteiger partial charge in [-0.15, -0.1) is 0 Å². The number of aliphatic hydroxyl groups excluding tert-OH is 3. The van der Waals surface area contributed by atoms with Gasteiger partial charge in [-0.3, -0.25) is 0 Å². The van der Waals surface area contributed by atoms with Crippen LogP contribution >= 0.6 is 0 Å². The molecule has 0 aromatic heterocycles. The summed E-state index contributed by atoms with van der Waals surface area (Å²) in [6.45, 7) is 1.96. The van der Waals surface area contributed by atoms with Crippen molar-refractivity contribution in [2.45, 2.75) is 37.8 Å². The fraction of sp³-hybridized carbons (Fsp3) is 1.00. The van der Waals surface area contributed by atoms with Gasteiger partial charge in [0, 0.05) is 13.0 Å². The average molecular weight is 220 g/mol. The molecule has 0 radical (unpaired) electrons. The smallest absolute Gasteiger partial charge is 0.110 e. The Morgan fingerprint density at radius 2 is 1.87 bits per heavy atom. The Labute approximate surface area is 89.6 Å². The van der Waals surface area contributed by atoms with Crippen molar-refractivity contribution >= 4 is 0 Å². The maximum atomic E-state index is 9.84. The standard InChI is InChI=1S/C10H20O5/c1-3-6-7(4-11)15-8(5-14-2)10(13)9(6)12/h6-13H,3-5H2,1-2H3/t6-,7?,8-,9-,10?/m1/s1. The van der Waals surface area contributed by atoms with Gasteiger partial charge in [-0.25, -0.2) is 0 Å². The molecule has 5 atom stereocenters. The molecule has 1 fully saturated rings. The van der Waals surface area contributed by atoms with Gasteiger partial charge in [-0.2, -0.15) is 0 Å². The Bertz CT molecular complexity index is 183. The Balaban J connectivity index is 2.68. The van der Waals surface area contributed by atoms with Crippen molar-refractivity contribution in [2.75, 3.05) is 20.3 Å². The van der Waals surface area contributed by atoms with Gasteiger partial charge in [0.15, 0.2) is 0 Å². The van der Waals surface area contributed by atoms with Crippen LogP contribution in [0.5, 0.6) is 0 Å². The Kier molecular flexibility index (Phi) is 4.95. The number of methoxy groups -OCH3 is 1. The highest BCUT2D eigenvalue weighted by molar-refractivity contribution is 4.91. The van der Waals surface area contributed by atoms with Crippen molar-refractivity contribution in [1.29, 1.82) is 0 Å². The Morgan fingerprint density at radius 1 is 1.20 bits per heavy atom. The number of ether oxygens (including phenoxy) is 2. The minimum atomic E-state index is -0.947. The molecule has 1 heterocycles. The number of hydrogen-bond donors (Lipinski definition) is 3. The summed E-state index contributed by atoms with van der Waals surface area (Å²) in [6.07, 6.45) is -2.14. The molecule has 0 bridgehead atoms. The molecule has 0 amide bonds. The van der Waals surface area contributed by atoms with Gasteiger partial charge in [0.05, 0.1) is 25.4 Å². The van der Waals surface area contributed by atoms with Crippen LogP contribution in [0.1, 0.15) is 13.3 Å². The van der Waals surface area contributed by atoms with Gasteiger partial charge in [0.25, 0.3) is 0 Å². The first kappa shape index (κ1) is 12.9. The lowest BCUT2D eigenvalue weighted by atomic mass is 9.85. The molecule has 1 aliphatic heterocycles. The molecule has 3 N–H and O–H groups in total. The molecule has 0 aromatic carbocycles. The van der Waals surface area contributed by atoms with Gasteiger partial charge < -0.3 is 24.8 Å². The predicted octanol–water partition coefficient (Wildman–Crippen LogP) is -0.860. The third-order valence-corrected chi connectivity index (χ3v) is 2.98. The maximum absolute atomic E-state index is 9.84. The summed E-state index contributed by atoms with van der Waals surface area (Å²) in [5.74, 6) is -0.224. The molecular weight excluding hydrogens is 200 g/mol. The lowest BCUT2D eigenvalue weighted by Gasteiger charge is -2.42. The topological polar surface area (TPSA) is 79.2 Å². The van der Waals surface area contributed by atoms with Crippen LogP contribution < -0.4 is 0 Å². The van der Waals surface area contributed by atoms with E-state index in [-0.39, 0.29) is 19.1 Å². The number of hydrogen-bond acceptors (Lipinski definition) is 5. The van der Waals surface area contributed by atoms with Crippen LogP contribution in [0.3, 0.4) is 0 Å². The van der Waals surface area contributed by atoms with Crippen molar-refractivity contribution in [2.24, 2.45) is 5.92 Å². The molecular formula is C10H20O5. The van der Waals surface area contributed by atoms with E-state index in [9.17, 15) is 10.2 Å². The maximum Gasteiger partial charge on any atom is 0.110 e. The quantitative estimate of drug-likeness (QED) is 0.574. The Hall–Kier alpha value is -0.200. The third kappa shape index (κ3) is 2.68. The zero-order chi connectivity index (χ0) is 11.4. The van der Waals surface area contributed by atoms with Crippen LogP contribution in [0, 0.1) is 5.92 Å². The summed E-state index contributed by atoms with van der Waals surface area (Å²) in [4.78, 5) is 0. The summed E-state index contributed by atoms with van der Waals surface area (Å²) in [5.41, 5.74) is 0. The zero-order valence-corrected chi connectivity index (χ0v) is 9.17. The van der Waals surface area contributed by atoms with E-state index in [1.54, 1.807) is 0 Å². The van der Waals surface area contributed by atoms with Gasteiger partial charge in [0.1, 0.15) is 12.2 Å². The highest BCUT2D eigenvalue weighted by Gasteiger charge is 2.42. The molecule has 15 heavy (non-hydrogen) atoms. The summed E-state index contributed by atoms with van der Waals surface area (Å²) < 4.78 is 10.4. The zero-order valence-electron chi connectivity index (χ0n) is 9.17. The van der Waals surface area contributed by atoms with Crippen LogP contribution in [-0.4, -0.2) is 60.1 Å². The van der Waals surface area contributed by atoms with Crippen molar-refractivity contribution in [3.05, 3.63) is 0 Å². The van der Waals surface area contributed by atoms with Crippen LogP contribution in [0.25, 0.3) is 0 Å². The van der Waals surface area contributed by atoms with E-state index in [1.165, 1.54) is 7.11 Å². The number of rotatable bonds is 4. The van der Waals surface area contributed by atoms with E-state index in [0.29, 0.717) is 6.42 Å². The van der Waals surface area contributed by atoms with Gasteiger partial charge in [-0.05, 0) is 6.42 Å². The van der Waals surface area contributed by atoms with E-state index >= 15 is 0 Å². The predicted molar refractivity (Wildman–Crippen MR) is 53.4 cm³/mol. The lowest BCUT2D eigenvalue weighted by molar-refractivity contribution is -0.218. The second kappa shape index (κ2) is 5.77. The first-order valence-electron chi connectivity index (χ1n) is 5.27. The minimum Gasteiger partial charge on any atom is -0.394 e. The highest BCUT2D eigenvalue weighted by atomic mass is 16.6. The van der Waals surface area contributed by atoms with Crippen molar-refractivity contribution in [1.82, 2.24) is 0 Å². The number of aliphatic hydroxyl groups is 3. The molecule has 90 valence electrons. The van der Waals surface area contributed by atoms with E-state index in [1.807, 2.05) is 6.92 Å². The third-order valence-electron chi connectivity index (χ3n) is 2.98. The second-order valence-corrected chi connectivity index (χ2v) is 3.90. The molecule has 0 saturated carbocycles. The van der Waals surface area contributed by atoms with Gasteiger partial charge in [0.2, 0.25) is 0 Å². The average Bonchev–Trinajstić information content (AvgIpc) is 2.24. The van der Waals surface area contributed by atoms with E-state index in [4.69, 9.17) is 14.6 Å². The van der Waals surface area contributed by atoms with Gasteiger partial charge >= 0.3 is 0 Å². The molecule has 0 aromatic rings. The van der Waals surface area contributed by atoms with E-state index < -0.39 is 24.4 Å². The molecule has 5 nitrogen and oxygen atoms in total. The minimum absolute atomic E-state index is 0.150. The normalized spacial score (nSPS) is 41.8. The van der Waals surface area contributed by atoms with Crippen LogP contribution in [0.15, 0.2) is 0 Å². The van der Waals surface area contributed by atoms with Crippen LogP contribution in [0.4, 0.5) is 0 Å². The first-order valence-corrected chi connectivity index (χ1v) is 5.27. The second-order valence-electron chi connectivity index (χ2n) is 3.90. The van der Waals surface area contributed by atoms with Gasteiger partial charge in [-0.1, -0.05) is 6.92 Å². The molecule has 1 saturated heterocycles. The first-order chi connectivity index (χ1) is 7.15. The highest BCUT2D eigenvalue weighted by Crippen LogP contribution is 2.28. The van der Waals surface area contributed by atoms with Crippen molar-refractivity contribution in [3.63, 3.8) is 0 Å². The SMILES string of the molecule is CC[C@@H]1C(CO)O[C@H](COC)C(O)[C@@H]1O. The largest absolute Gasteiger partial charge is 0.394 e. The molecule has 1 aliphatic rings. The summed E-state index contributed by atoms with van der Waals surface area (Å²) in [6, 6.07) is 0. The molecule has 0 spiro atoms. The Morgan fingerprint density at radius 3 is 2.33 bits per heavy atom. The van der Waals surface area contributed by atoms with E-state index in [0.717, 1.165) is 0 Å². The summed E-state index contributed by atoms with van der Waals surface area (Å²) >= 11 is 0. The van der Waals surface area contributed by atoms with E-state index in [2.05, 4.69) is 0 Å². The van der Waals surface area contributed by atoms with Crippen LogP contribution in [0.2, 0.25) is 0 Å². The fourth-order valence-corrected chi connectivity index (χ4v) is 2.08. The summed E-state index contributed by atoms with van der Waals surface area (Å²) in [7, 11) is 1.50. The monoisotopic (exact) mass is 220 g/mol.